The normalized spacial score (nSPS) is 9.89. The summed E-state index contributed by atoms with van der Waals surface area (Å²) < 4.78 is 4.57. The molecule has 0 aromatic carbocycles. The minimum atomic E-state index is -0.328. The Kier molecular flexibility index (Phi) is 6.02. The zero-order chi connectivity index (χ0) is 6.78. The van der Waals surface area contributed by atoms with Gasteiger partial charge in [-0.1, -0.05) is 0 Å². The van der Waals surface area contributed by atoms with Gasteiger partial charge in [0, 0.05) is 17.1 Å². The van der Waals surface area contributed by atoms with Crippen LogP contribution in [0, 0.1) is 0 Å². The van der Waals surface area contributed by atoms with Crippen LogP contribution in [-0.4, -0.2) is 28.0 Å². The summed E-state index contributed by atoms with van der Waals surface area (Å²) in [5.41, 5.74) is -0.328. The summed E-state index contributed by atoms with van der Waals surface area (Å²) in [4.78, 5) is 10.2. The van der Waals surface area contributed by atoms with Crippen LogP contribution in [0.2, 0.25) is 0 Å². The van der Waals surface area contributed by atoms with Crippen molar-refractivity contribution in [1.82, 2.24) is 0 Å². The van der Waals surface area contributed by atoms with Gasteiger partial charge >= 0.3 is 58.3 Å². The molecular weight excluding hydrogens is 155 g/mol. The van der Waals surface area contributed by atoms with E-state index in [4.69, 9.17) is 4.74 Å². The van der Waals surface area contributed by atoms with Gasteiger partial charge in [-0.15, -0.1) is 0 Å². The molecule has 50 valence electrons. The van der Waals surface area contributed by atoms with Gasteiger partial charge in [-0.05, 0) is 0 Å². The quantitative estimate of drug-likeness (QED) is 0.500. The van der Waals surface area contributed by atoms with Gasteiger partial charge in [-0.3, -0.25) is 0 Å². The first kappa shape index (κ1) is 12.3. The van der Waals surface area contributed by atoms with Crippen molar-refractivity contribution in [2.75, 3.05) is 0 Å². The molecule has 2 nitrogen and oxygen atoms in total. The van der Waals surface area contributed by atoms with Crippen LogP contribution < -0.4 is 0 Å². The monoisotopic (exact) mass is 164 g/mol. The van der Waals surface area contributed by atoms with Crippen molar-refractivity contribution in [3.63, 3.8) is 0 Å². The number of ether oxygens (including phenoxy) is 1. The van der Waals surface area contributed by atoms with E-state index in [-0.39, 0.29) is 27.3 Å². The molecule has 0 aromatic heterocycles. The Morgan fingerprint density at radius 1 is 1.44 bits per heavy atom. The van der Waals surface area contributed by atoms with Crippen LogP contribution in [0.4, 0.5) is 4.79 Å². The molecule has 0 fully saturated rings. The summed E-state index contributed by atoms with van der Waals surface area (Å²) in [6.45, 7) is 5.52. The van der Waals surface area contributed by atoms with Crippen molar-refractivity contribution < 1.29 is 26.6 Å². The molecule has 0 amide bonds. The Morgan fingerprint density at radius 3 is 1.78 bits per heavy atom. The van der Waals surface area contributed by atoms with E-state index in [0.29, 0.717) is 0 Å². The molecule has 4 heteroatoms. The summed E-state index contributed by atoms with van der Waals surface area (Å²) in [7, 11) is 0. The summed E-state index contributed by atoms with van der Waals surface area (Å²) >= 11 is 1.41. The molecule has 0 aliphatic rings. The first-order valence-electron chi connectivity index (χ1n) is 2.61. The molecule has 0 saturated carbocycles. The van der Waals surface area contributed by atoms with Crippen molar-refractivity contribution >= 4 is 22.4 Å². The first-order chi connectivity index (χ1) is 3.42. The maximum atomic E-state index is 10.2. The number of hydrogen-bond donors (Lipinski definition) is 0. The van der Waals surface area contributed by atoms with Gasteiger partial charge in [0.1, 0.15) is 0 Å². The van der Waals surface area contributed by atoms with Crippen LogP contribution >= 0.6 is 0 Å². The fraction of sp³-hybridized carbons (Fsp3) is 0.800. The molecular formula is C5H9FeLiO2. The van der Waals surface area contributed by atoms with Gasteiger partial charge in [-0.25, -0.2) is 0 Å². The van der Waals surface area contributed by atoms with Crippen LogP contribution in [-0.2, 0) is 21.8 Å². The average Bonchev–Trinajstić information content (AvgIpc) is 1.21. The van der Waals surface area contributed by atoms with Crippen molar-refractivity contribution in [2.24, 2.45) is 0 Å². The molecule has 0 radical (unpaired) electrons. The number of carbonyl (C=O) groups is 1. The standard InChI is InChI=1S/C5H9O2.Fe.Li/c1-5(2,3)7-4-6;;/h1-3H3;;. The summed E-state index contributed by atoms with van der Waals surface area (Å²) in [6, 6.07) is 0. The second-order valence-corrected chi connectivity index (χ2v) is 2.71. The molecule has 9 heavy (non-hydrogen) atoms. The predicted octanol–water partition coefficient (Wildman–Crippen LogP) is 1.09. The number of carbonyl (C=O) groups excluding carboxylic acids is 1. The molecule has 0 spiro atoms. The zero-order valence-corrected chi connectivity index (χ0v) is 7.27. The van der Waals surface area contributed by atoms with Gasteiger partial charge in [0.05, 0.1) is 0 Å². The fourth-order valence-corrected chi connectivity index (χ4v) is 0.431. The summed E-state index contributed by atoms with van der Waals surface area (Å²) in [5.74, 6) is 0. The Hall–Kier alpha value is 0.587. The molecule has 0 heterocycles. The Morgan fingerprint density at radius 2 is 1.78 bits per heavy atom. The third-order valence-corrected chi connectivity index (χ3v) is 0.450. The third kappa shape index (κ3) is 11.9. The summed E-state index contributed by atoms with van der Waals surface area (Å²) in [6.07, 6.45) is 0. The molecule has 0 bridgehead atoms. The topological polar surface area (TPSA) is 26.3 Å². The van der Waals surface area contributed by atoms with Crippen LogP contribution in [0.15, 0.2) is 0 Å². The second kappa shape index (κ2) is 4.41. The maximum absolute atomic E-state index is 10.2. The first-order valence-corrected chi connectivity index (χ1v) is 2.61. The van der Waals surface area contributed by atoms with Crippen LogP contribution in [0.3, 0.4) is 0 Å². The van der Waals surface area contributed by atoms with E-state index in [1.165, 1.54) is 17.7 Å². The zero-order valence-electron chi connectivity index (χ0n) is 6.17. The van der Waals surface area contributed by atoms with E-state index in [1.807, 2.05) is 20.8 Å². The Labute approximate surface area is 75.4 Å². The van der Waals surface area contributed by atoms with E-state index < -0.39 is 0 Å². The third-order valence-electron chi connectivity index (χ3n) is 0.450. The summed E-state index contributed by atoms with van der Waals surface area (Å²) in [5, 5.41) is 0. The molecule has 0 saturated heterocycles. The molecule has 0 unspecified atom stereocenters. The van der Waals surface area contributed by atoms with Gasteiger partial charge < -0.3 is 0 Å². The van der Waals surface area contributed by atoms with Crippen molar-refractivity contribution in [3.05, 3.63) is 0 Å². The average molecular weight is 164 g/mol. The molecule has 0 aliphatic carbocycles. The predicted molar refractivity (Wildman–Crippen MR) is 32.0 cm³/mol. The molecule has 0 rings (SSSR count). The van der Waals surface area contributed by atoms with Gasteiger partial charge in [0.25, 0.3) is 0 Å². The molecule has 0 aliphatic heterocycles. The molecule has 0 aromatic rings. The van der Waals surface area contributed by atoms with Gasteiger partial charge in [0.15, 0.2) is 0 Å². The van der Waals surface area contributed by atoms with E-state index in [1.54, 1.807) is 0 Å². The molecule has 0 atom stereocenters. The van der Waals surface area contributed by atoms with Crippen molar-refractivity contribution in [2.45, 2.75) is 26.4 Å². The van der Waals surface area contributed by atoms with Crippen molar-refractivity contribution in [3.8, 4) is 0 Å². The fourth-order valence-electron chi connectivity index (χ4n) is 0.431. The molecule has 0 N–H and O–H groups in total. The minimum absolute atomic E-state index is 0. The van der Waals surface area contributed by atoms with Gasteiger partial charge in [0.2, 0.25) is 0 Å². The van der Waals surface area contributed by atoms with E-state index in [2.05, 4.69) is 0 Å². The van der Waals surface area contributed by atoms with Crippen molar-refractivity contribution in [1.29, 1.82) is 0 Å². The number of hydrogen-bond acceptors (Lipinski definition) is 2. The van der Waals surface area contributed by atoms with E-state index >= 15 is 0 Å². The van der Waals surface area contributed by atoms with Gasteiger partial charge in [-0.2, -0.15) is 0 Å². The second-order valence-electron chi connectivity index (χ2n) is 2.71. The number of rotatable bonds is 0. The van der Waals surface area contributed by atoms with Crippen LogP contribution in [0.25, 0.3) is 0 Å². The van der Waals surface area contributed by atoms with E-state index in [9.17, 15) is 4.79 Å². The van der Waals surface area contributed by atoms with E-state index in [0.717, 1.165) is 0 Å². The Bertz CT molecular complexity index is 97.6. The Balaban J connectivity index is 0. The van der Waals surface area contributed by atoms with Crippen LogP contribution in [0.1, 0.15) is 20.8 Å². The SMILES string of the molecule is [Fe].[Li][C](=O)OC(C)(C)C. The van der Waals surface area contributed by atoms with Crippen LogP contribution in [0.5, 0.6) is 0 Å².